The van der Waals surface area contributed by atoms with Crippen LogP contribution in [0.15, 0.2) is 48.1 Å². The highest BCUT2D eigenvalue weighted by molar-refractivity contribution is 6.15. The van der Waals surface area contributed by atoms with Crippen LogP contribution in [0.25, 0.3) is 5.57 Å². The molecule has 0 saturated carbocycles. The van der Waals surface area contributed by atoms with E-state index >= 15 is 0 Å². The molecule has 2 heteroatoms. The van der Waals surface area contributed by atoms with Crippen molar-refractivity contribution >= 4 is 17.0 Å². The average molecular weight is 345 g/mol. The molecule has 0 spiro atoms. The number of allylic oxidation sites excluding steroid dienone is 4. The summed E-state index contributed by atoms with van der Waals surface area (Å²) in [5.41, 5.74) is 11.3. The van der Waals surface area contributed by atoms with E-state index in [2.05, 4.69) is 75.1 Å². The fourth-order valence-electron chi connectivity index (χ4n) is 3.59. The normalized spacial score (nSPS) is 13.5. The molecule has 26 heavy (non-hydrogen) atoms. The van der Waals surface area contributed by atoms with Crippen molar-refractivity contribution in [2.45, 2.75) is 34.1 Å². The third-order valence-electron chi connectivity index (χ3n) is 5.61. The Morgan fingerprint density at radius 3 is 2.27 bits per heavy atom. The van der Waals surface area contributed by atoms with E-state index in [1.807, 2.05) is 14.1 Å². The van der Waals surface area contributed by atoms with Gasteiger partial charge < -0.3 is 4.90 Å². The highest BCUT2D eigenvalue weighted by Gasteiger charge is 2.19. The van der Waals surface area contributed by atoms with Crippen molar-refractivity contribution in [1.82, 2.24) is 0 Å². The largest absolute Gasteiger partial charge is 0.378 e. The van der Waals surface area contributed by atoms with E-state index in [-0.39, 0.29) is 0 Å². The minimum Gasteiger partial charge on any atom is -0.378 e. The van der Waals surface area contributed by atoms with Gasteiger partial charge in [-0.15, -0.1) is 0 Å². The lowest BCUT2D eigenvalue weighted by molar-refractivity contribution is 1.13. The Balaban J connectivity index is 2.19. The zero-order valence-electron chi connectivity index (χ0n) is 16.7. The summed E-state index contributed by atoms with van der Waals surface area (Å²) in [7, 11) is 4.09. The van der Waals surface area contributed by atoms with Crippen molar-refractivity contribution in [3.8, 4) is 0 Å². The Bertz CT molecular complexity index is 943. The molecular formula is C24H28N2. The van der Waals surface area contributed by atoms with Crippen molar-refractivity contribution in [2.75, 3.05) is 19.0 Å². The zero-order chi connectivity index (χ0) is 19.0. The molecule has 2 aromatic carbocycles. The molecule has 0 radical (unpaired) electrons. The van der Waals surface area contributed by atoms with E-state index in [0.717, 1.165) is 23.2 Å². The summed E-state index contributed by atoms with van der Waals surface area (Å²) < 4.78 is 0. The van der Waals surface area contributed by atoms with Gasteiger partial charge in [0.25, 0.3) is 0 Å². The quantitative estimate of drug-likeness (QED) is 0.694. The van der Waals surface area contributed by atoms with Crippen LogP contribution < -0.4 is 4.90 Å². The average Bonchev–Trinajstić information content (AvgIpc) is 3.04. The molecule has 2 aromatic rings. The Labute approximate surface area is 157 Å². The van der Waals surface area contributed by atoms with Crippen LogP contribution in [0.5, 0.6) is 0 Å². The predicted molar refractivity (Wildman–Crippen MR) is 114 cm³/mol. The first-order chi connectivity index (χ1) is 12.3. The van der Waals surface area contributed by atoms with E-state index in [1.165, 1.54) is 33.4 Å². The molecule has 3 rings (SSSR count). The number of nitrogens with zero attached hydrogens (tertiary/aromatic N) is 1. The summed E-state index contributed by atoms with van der Waals surface area (Å²) in [5.74, 6) is 0. The molecule has 0 aromatic heterocycles. The third kappa shape index (κ3) is 3.12. The van der Waals surface area contributed by atoms with Gasteiger partial charge in [0.1, 0.15) is 0 Å². The Hall–Kier alpha value is -2.61. The lowest BCUT2D eigenvalue weighted by Gasteiger charge is -2.20. The maximum absolute atomic E-state index is 9.03. The summed E-state index contributed by atoms with van der Waals surface area (Å²) >= 11 is 0. The Morgan fingerprint density at radius 2 is 1.65 bits per heavy atom. The van der Waals surface area contributed by atoms with Gasteiger partial charge in [-0.2, -0.15) is 0 Å². The molecule has 0 aliphatic heterocycles. The van der Waals surface area contributed by atoms with Crippen LogP contribution in [0.2, 0.25) is 0 Å². The van der Waals surface area contributed by atoms with Crippen LogP contribution in [-0.2, 0) is 0 Å². The second-order valence-electron chi connectivity index (χ2n) is 7.45. The topological polar surface area (TPSA) is 27.1 Å². The predicted octanol–water partition coefficient (Wildman–Crippen LogP) is 5.83. The molecule has 0 heterocycles. The summed E-state index contributed by atoms with van der Waals surface area (Å²) in [6, 6.07) is 10.7. The molecule has 2 nitrogen and oxygen atoms in total. The van der Waals surface area contributed by atoms with Gasteiger partial charge in [0.05, 0.1) is 5.71 Å². The lowest BCUT2D eigenvalue weighted by Crippen LogP contribution is -2.13. The maximum atomic E-state index is 9.03. The monoisotopic (exact) mass is 344 g/mol. The van der Waals surface area contributed by atoms with E-state index in [9.17, 15) is 0 Å². The molecule has 1 aliphatic rings. The second kappa shape index (κ2) is 6.95. The number of anilines is 1. The van der Waals surface area contributed by atoms with Gasteiger partial charge in [-0.05, 0) is 79.6 Å². The molecule has 0 unspecified atom stereocenters. The van der Waals surface area contributed by atoms with Crippen molar-refractivity contribution in [1.29, 1.82) is 5.41 Å². The van der Waals surface area contributed by atoms with Crippen molar-refractivity contribution in [3.63, 3.8) is 0 Å². The molecule has 134 valence electrons. The molecule has 0 amide bonds. The SMILES string of the molecule is CC1=C(c2ccc(N(C)C)cc2C(=N)c2ccc(C)c(C)c2C)CC=C1. The smallest absolute Gasteiger partial charge is 0.0694 e. The minimum absolute atomic E-state index is 0.608. The first-order valence-electron chi connectivity index (χ1n) is 9.15. The van der Waals surface area contributed by atoms with Crippen LogP contribution in [0.4, 0.5) is 5.69 Å². The fraction of sp³-hybridized carbons (Fsp3) is 0.292. The first-order valence-corrected chi connectivity index (χ1v) is 9.15. The van der Waals surface area contributed by atoms with Crippen LogP contribution in [0.1, 0.15) is 46.7 Å². The molecule has 0 atom stereocenters. The van der Waals surface area contributed by atoms with Crippen molar-refractivity contribution in [3.05, 3.63) is 81.4 Å². The standard InChI is InChI=1S/C24H28N2/c1-15-10-12-21(18(4)17(15)3)24(25)23-14-19(26(5)6)11-13-22(23)20-9-7-8-16(20)2/h7-8,10-14,25H,9H2,1-6H3. The van der Waals surface area contributed by atoms with Crippen LogP contribution in [0.3, 0.4) is 0 Å². The number of hydrogen-bond donors (Lipinski definition) is 1. The molecule has 0 bridgehead atoms. The molecule has 1 aliphatic carbocycles. The minimum atomic E-state index is 0.608. The van der Waals surface area contributed by atoms with Crippen molar-refractivity contribution in [2.24, 2.45) is 0 Å². The van der Waals surface area contributed by atoms with Crippen molar-refractivity contribution < 1.29 is 0 Å². The highest BCUT2D eigenvalue weighted by atomic mass is 15.1. The summed E-state index contributed by atoms with van der Waals surface area (Å²) in [6.45, 7) is 8.56. The van der Waals surface area contributed by atoms with E-state index in [1.54, 1.807) is 0 Å². The van der Waals surface area contributed by atoms with Gasteiger partial charge in [0, 0.05) is 30.9 Å². The van der Waals surface area contributed by atoms with Gasteiger partial charge in [-0.3, -0.25) is 5.41 Å². The second-order valence-corrected chi connectivity index (χ2v) is 7.45. The van der Waals surface area contributed by atoms with Gasteiger partial charge in [-0.25, -0.2) is 0 Å². The van der Waals surface area contributed by atoms with Crippen LogP contribution in [0, 0.1) is 26.2 Å². The number of benzene rings is 2. The van der Waals surface area contributed by atoms with Gasteiger partial charge in [-0.1, -0.05) is 30.4 Å². The summed E-state index contributed by atoms with van der Waals surface area (Å²) in [4.78, 5) is 2.10. The maximum Gasteiger partial charge on any atom is 0.0694 e. The van der Waals surface area contributed by atoms with Gasteiger partial charge in [0.2, 0.25) is 0 Å². The fourth-order valence-corrected chi connectivity index (χ4v) is 3.59. The van der Waals surface area contributed by atoms with Crippen LogP contribution in [-0.4, -0.2) is 19.8 Å². The third-order valence-corrected chi connectivity index (χ3v) is 5.61. The van der Waals surface area contributed by atoms with Crippen LogP contribution >= 0.6 is 0 Å². The van der Waals surface area contributed by atoms with E-state index in [0.29, 0.717) is 5.71 Å². The summed E-state index contributed by atoms with van der Waals surface area (Å²) in [6.07, 6.45) is 5.34. The lowest BCUT2D eigenvalue weighted by atomic mass is 9.88. The van der Waals surface area contributed by atoms with Gasteiger partial charge >= 0.3 is 0 Å². The molecule has 0 saturated heterocycles. The molecular weight excluding hydrogens is 316 g/mol. The zero-order valence-corrected chi connectivity index (χ0v) is 16.7. The van der Waals surface area contributed by atoms with Gasteiger partial charge in [0.15, 0.2) is 0 Å². The number of rotatable bonds is 4. The summed E-state index contributed by atoms with van der Waals surface area (Å²) in [5, 5.41) is 9.03. The highest BCUT2D eigenvalue weighted by Crippen LogP contribution is 2.34. The van der Waals surface area contributed by atoms with E-state index in [4.69, 9.17) is 5.41 Å². The Morgan fingerprint density at radius 1 is 0.923 bits per heavy atom. The molecule has 1 N–H and O–H groups in total. The Kier molecular flexibility index (Phi) is 4.86. The van der Waals surface area contributed by atoms with E-state index < -0.39 is 0 Å². The number of hydrogen-bond acceptors (Lipinski definition) is 2. The number of aryl methyl sites for hydroxylation is 1. The first kappa shape index (κ1) is 18.2. The number of nitrogens with one attached hydrogen (secondary N) is 1. The molecule has 0 fully saturated rings.